The number of nitrogens with zero attached hydrogens (tertiary/aromatic N) is 3. The zero-order valence-electron chi connectivity index (χ0n) is 26.5. The highest BCUT2D eigenvalue weighted by molar-refractivity contribution is 6.02. The minimum Gasteiger partial charge on any atom is -0.464 e. The Bertz CT molecular complexity index is 1600. The van der Waals surface area contributed by atoms with Crippen molar-refractivity contribution in [1.29, 1.82) is 0 Å². The van der Waals surface area contributed by atoms with Crippen molar-refractivity contribution in [3.8, 4) is 11.3 Å². The Hall–Kier alpha value is -3.81. The third-order valence-electron chi connectivity index (χ3n) is 8.01. The number of carbonyl (C=O) groups is 2. The van der Waals surface area contributed by atoms with Gasteiger partial charge in [0.05, 0.1) is 11.2 Å². The first-order valence-corrected chi connectivity index (χ1v) is 14.7. The molecular weight excluding hydrogens is 530 g/mol. The third kappa shape index (κ3) is 5.76. The maximum Gasteiger partial charge on any atom is 0.416 e. The molecule has 1 fully saturated rings. The molecule has 4 rings (SSSR count). The van der Waals surface area contributed by atoms with Crippen LogP contribution in [-0.4, -0.2) is 50.0 Å². The molecule has 3 aromatic rings. The van der Waals surface area contributed by atoms with Crippen molar-refractivity contribution >= 4 is 29.2 Å². The van der Waals surface area contributed by atoms with Crippen molar-refractivity contribution in [2.45, 2.75) is 91.1 Å². The van der Waals surface area contributed by atoms with Crippen LogP contribution in [0, 0.1) is 0 Å². The summed E-state index contributed by atoms with van der Waals surface area (Å²) in [7, 11) is 1.67. The van der Waals surface area contributed by atoms with E-state index in [1.165, 1.54) is 20.8 Å². The highest BCUT2D eigenvalue weighted by Gasteiger charge is 2.35. The molecule has 1 aromatic carbocycles. The number of carboxylic acid groups (broad SMARTS) is 1. The predicted molar refractivity (Wildman–Crippen MR) is 169 cm³/mol. The lowest BCUT2D eigenvalue weighted by molar-refractivity contribution is 0.0204. The van der Waals surface area contributed by atoms with Crippen molar-refractivity contribution < 1.29 is 19.4 Å². The van der Waals surface area contributed by atoms with Gasteiger partial charge in [-0.25, -0.2) is 14.2 Å². The van der Waals surface area contributed by atoms with Gasteiger partial charge in [-0.05, 0) is 79.7 Å². The Morgan fingerprint density at radius 3 is 2.21 bits per heavy atom. The van der Waals surface area contributed by atoms with Gasteiger partial charge >= 0.3 is 12.2 Å². The topological polar surface area (TPSA) is 93.8 Å². The molecule has 1 amide bonds. The Labute approximate surface area is 248 Å². The summed E-state index contributed by atoms with van der Waals surface area (Å²) in [5.41, 5.74) is 4.53. The molecule has 8 nitrogen and oxygen atoms in total. The molecule has 3 heterocycles. The summed E-state index contributed by atoms with van der Waals surface area (Å²) in [5.74, 6) is 0.210. The van der Waals surface area contributed by atoms with E-state index in [1.807, 2.05) is 26.8 Å². The van der Waals surface area contributed by atoms with Crippen LogP contribution in [0.15, 0.2) is 35.8 Å². The molecule has 0 unspecified atom stereocenters. The molecule has 0 aliphatic carbocycles. The molecule has 0 saturated carbocycles. The van der Waals surface area contributed by atoms with Crippen LogP contribution in [0.5, 0.6) is 0 Å². The van der Waals surface area contributed by atoms with E-state index in [-0.39, 0.29) is 28.9 Å². The summed E-state index contributed by atoms with van der Waals surface area (Å²) in [6.07, 6.45) is 3.44. The molecule has 0 radical (unpaired) electrons. The van der Waals surface area contributed by atoms with Gasteiger partial charge in [-0.15, -0.1) is 0 Å². The van der Waals surface area contributed by atoms with Gasteiger partial charge in [0.1, 0.15) is 5.60 Å². The maximum atomic E-state index is 12.9. The second-order valence-corrected chi connectivity index (χ2v) is 13.8. The van der Waals surface area contributed by atoms with Crippen LogP contribution < -0.4 is 5.56 Å². The highest BCUT2D eigenvalue weighted by Crippen LogP contribution is 2.47. The van der Waals surface area contributed by atoms with Crippen molar-refractivity contribution in [2.24, 2.45) is 7.05 Å². The Kier molecular flexibility index (Phi) is 8.24. The van der Waals surface area contributed by atoms with Gasteiger partial charge in [-0.2, -0.15) is 0 Å². The van der Waals surface area contributed by atoms with Crippen LogP contribution in [0.2, 0.25) is 0 Å². The highest BCUT2D eigenvalue weighted by atomic mass is 16.6. The monoisotopic (exact) mass is 575 g/mol. The van der Waals surface area contributed by atoms with Crippen LogP contribution in [0.3, 0.4) is 0 Å². The molecule has 1 saturated heterocycles. The lowest BCUT2D eigenvalue weighted by Gasteiger charge is -2.36. The summed E-state index contributed by atoms with van der Waals surface area (Å²) in [5, 5.41) is 11.5. The normalized spacial score (nSPS) is 15.0. The summed E-state index contributed by atoms with van der Waals surface area (Å²) in [4.78, 5) is 40.1. The molecule has 0 spiro atoms. The number of ether oxygens (including phenoxy) is 1. The lowest BCUT2D eigenvalue weighted by atomic mass is 9.74. The molecule has 1 N–H and O–H groups in total. The first-order chi connectivity index (χ1) is 19.5. The summed E-state index contributed by atoms with van der Waals surface area (Å²) in [6.45, 7) is 21.3. The van der Waals surface area contributed by atoms with E-state index in [0.29, 0.717) is 35.4 Å². The standard InChI is InChI=1S/C34H45N3O5/c1-11-21-18-23(19-35(10)30(21)38)29-26(20(2)3)27-25(37(29)31(39)40)13-12-24(28(27)33(4,5)6)22-14-16-36(17-15-22)32(41)42-34(7,8)9/h11-13,18-20,22H,1,14-17H2,2-10H3,(H,39,40). The zero-order chi connectivity index (χ0) is 31.3. The predicted octanol–water partition coefficient (Wildman–Crippen LogP) is 7.71. The number of carbonyl (C=O) groups excluding carboxylic acids is 1. The first kappa shape index (κ1) is 31.1. The molecule has 1 aliphatic rings. The molecule has 2 aromatic heterocycles. The van der Waals surface area contributed by atoms with Gasteiger partial charge in [0.25, 0.3) is 5.56 Å². The van der Waals surface area contributed by atoms with Crippen LogP contribution >= 0.6 is 0 Å². The molecule has 226 valence electrons. The Morgan fingerprint density at radius 2 is 1.71 bits per heavy atom. The van der Waals surface area contributed by atoms with Crippen LogP contribution in [0.4, 0.5) is 9.59 Å². The van der Waals surface area contributed by atoms with Crippen molar-refractivity contribution in [3.05, 3.63) is 63.6 Å². The Balaban J connectivity index is 1.96. The fourth-order valence-corrected chi connectivity index (χ4v) is 6.33. The number of fused-ring (bicyclic) bond motifs is 1. The van der Waals surface area contributed by atoms with Crippen LogP contribution in [0.1, 0.15) is 102 Å². The molecule has 0 atom stereocenters. The van der Waals surface area contributed by atoms with Gasteiger partial charge in [-0.3, -0.25) is 4.79 Å². The number of aromatic nitrogens is 2. The fraction of sp³-hybridized carbons (Fsp3) is 0.500. The molecule has 42 heavy (non-hydrogen) atoms. The summed E-state index contributed by atoms with van der Waals surface area (Å²) in [6, 6.07) is 5.75. The quantitative estimate of drug-likeness (QED) is 0.344. The minimum absolute atomic E-state index is 0.00196. The number of hydrogen-bond donors (Lipinski definition) is 1. The number of rotatable bonds is 4. The lowest BCUT2D eigenvalue weighted by Crippen LogP contribution is -2.41. The number of piperidine rings is 1. The number of benzene rings is 1. The SMILES string of the molecule is C=Cc1cc(-c2c(C(C)C)c3c(C(C)(C)C)c(C4CCN(C(=O)OC(C)(C)C)CC4)ccc3n2C(=O)O)cn(C)c1=O. The van der Waals surface area contributed by atoms with Gasteiger partial charge in [-0.1, -0.05) is 53.3 Å². The van der Waals surface area contributed by atoms with Crippen LogP contribution in [-0.2, 0) is 17.2 Å². The van der Waals surface area contributed by atoms with Gasteiger partial charge < -0.3 is 19.3 Å². The summed E-state index contributed by atoms with van der Waals surface area (Å²) >= 11 is 0. The zero-order valence-corrected chi connectivity index (χ0v) is 26.5. The third-order valence-corrected chi connectivity index (χ3v) is 8.01. The van der Waals surface area contributed by atoms with E-state index >= 15 is 0 Å². The number of amides is 1. The van der Waals surface area contributed by atoms with Gasteiger partial charge in [0.2, 0.25) is 0 Å². The average Bonchev–Trinajstić information content (AvgIpc) is 3.24. The Morgan fingerprint density at radius 1 is 1.10 bits per heavy atom. The van der Waals surface area contributed by atoms with E-state index in [0.717, 1.165) is 29.4 Å². The van der Waals surface area contributed by atoms with Gasteiger partial charge in [0, 0.05) is 42.8 Å². The maximum absolute atomic E-state index is 12.9. The molecule has 8 heteroatoms. The van der Waals surface area contributed by atoms with Gasteiger partial charge in [0.15, 0.2) is 0 Å². The van der Waals surface area contributed by atoms with E-state index < -0.39 is 11.7 Å². The van der Waals surface area contributed by atoms with E-state index in [2.05, 4.69) is 47.3 Å². The molecular formula is C34H45N3O5. The summed E-state index contributed by atoms with van der Waals surface area (Å²) < 4.78 is 8.47. The number of hydrogen-bond acceptors (Lipinski definition) is 4. The van der Waals surface area contributed by atoms with Crippen molar-refractivity contribution in [2.75, 3.05) is 13.1 Å². The van der Waals surface area contributed by atoms with Crippen molar-refractivity contribution in [3.63, 3.8) is 0 Å². The number of likely N-dealkylation sites (tertiary alicyclic amines) is 1. The average molecular weight is 576 g/mol. The minimum atomic E-state index is -1.07. The fourth-order valence-electron chi connectivity index (χ4n) is 6.33. The largest absolute Gasteiger partial charge is 0.464 e. The molecule has 0 bridgehead atoms. The van der Waals surface area contributed by atoms with E-state index in [1.54, 1.807) is 24.2 Å². The van der Waals surface area contributed by atoms with E-state index in [4.69, 9.17) is 4.74 Å². The smallest absolute Gasteiger partial charge is 0.416 e. The van der Waals surface area contributed by atoms with Crippen LogP contribution in [0.25, 0.3) is 28.2 Å². The van der Waals surface area contributed by atoms with E-state index in [9.17, 15) is 19.5 Å². The van der Waals surface area contributed by atoms with Crippen molar-refractivity contribution in [1.82, 2.24) is 14.0 Å². The second-order valence-electron chi connectivity index (χ2n) is 13.8. The number of aryl methyl sites for hydroxylation is 1. The second kappa shape index (κ2) is 11.1. The molecule has 1 aliphatic heterocycles. The number of pyridine rings is 1. The first-order valence-electron chi connectivity index (χ1n) is 14.7.